The maximum Gasteiger partial charge on any atom is 0.295 e. The van der Waals surface area contributed by atoms with E-state index in [9.17, 15) is 23.2 Å². The highest BCUT2D eigenvalue weighted by molar-refractivity contribution is 7.86. The molecule has 0 heterocycles. The summed E-state index contributed by atoms with van der Waals surface area (Å²) in [6, 6.07) is 15.8. The van der Waals surface area contributed by atoms with Crippen LogP contribution in [0.1, 0.15) is 93.6 Å². The van der Waals surface area contributed by atoms with E-state index in [0.29, 0.717) is 0 Å². The van der Waals surface area contributed by atoms with Gasteiger partial charge in [0, 0.05) is 0 Å². The van der Waals surface area contributed by atoms with Gasteiger partial charge in [0.1, 0.15) is 16.4 Å². The summed E-state index contributed by atoms with van der Waals surface area (Å²) in [5.74, 6) is 0.353. The number of phenols is 2. The second-order valence-electron chi connectivity index (χ2n) is 10.7. The third-order valence-corrected chi connectivity index (χ3v) is 9.21. The molecule has 2 aliphatic rings. The van der Waals surface area contributed by atoms with Gasteiger partial charge in [-0.2, -0.15) is 8.42 Å². The summed E-state index contributed by atoms with van der Waals surface area (Å²) < 4.78 is 37.7. The van der Waals surface area contributed by atoms with E-state index in [1.165, 1.54) is 0 Å². The van der Waals surface area contributed by atoms with Gasteiger partial charge < -0.3 is 10.2 Å². The highest BCUT2D eigenvalue weighted by atomic mass is 32.2. The molecule has 5 rings (SSSR count). The minimum absolute atomic E-state index is 0.0273. The molecule has 2 saturated carbocycles. The van der Waals surface area contributed by atoms with Crippen LogP contribution in [0.5, 0.6) is 11.5 Å². The van der Waals surface area contributed by atoms with Gasteiger partial charge in [0.05, 0.1) is 0 Å². The molecule has 5 nitrogen and oxygen atoms in total. The van der Waals surface area contributed by atoms with Gasteiger partial charge >= 0.3 is 0 Å². The summed E-state index contributed by atoms with van der Waals surface area (Å²) in [5.41, 5.74) is 4.68. The van der Waals surface area contributed by atoms with E-state index >= 15 is 0 Å². The van der Waals surface area contributed by atoms with Gasteiger partial charge in [-0.15, -0.1) is 0 Å². The van der Waals surface area contributed by atoms with Crippen molar-refractivity contribution in [3.63, 3.8) is 0 Å². The van der Waals surface area contributed by atoms with Crippen LogP contribution < -0.4 is 0 Å². The zero-order valence-electron chi connectivity index (χ0n) is 21.2. The Balaban J connectivity index is 1.88. The molecule has 3 N–H and O–H groups in total. The molecule has 0 spiro atoms. The fourth-order valence-electron chi connectivity index (χ4n) is 6.50. The van der Waals surface area contributed by atoms with Crippen LogP contribution in [0.4, 0.5) is 0 Å². The fourth-order valence-corrected chi connectivity index (χ4v) is 7.61. The van der Waals surface area contributed by atoms with Crippen LogP contribution in [0.15, 0.2) is 59.5 Å². The largest absolute Gasteiger partial charge is 0.508 e. The molecule has 2 fully saturated rings. The molecule has 0 saturated heterocycles. The molecule has 0 aromatic heterocycles. The van der Waals surface area contributed by atoms with Crippen molar-refractivity contribution in [3.05, 3.63) is 65.7 Å². The van der Waals surface area contributed by atoms with Crippen molar-refractivity contribution < 1.29 is 23.2 Å². The average molecular weight is 521 g/mol. The first-order valence-corrected chi connectivity index (χ1v) is 15.0. The van der Waals surface area contributed by atoms with Crippen LogP contribution in [0.2, 0.25) is 0 Å². The molecule has 0 bridgehead atoms. The molecule has 0 radical (unpaired) electrons. The summed E-state index contributed by atoms with van der Waals surface area (Å²) >= 11 is 0. The van der Waals surface area contributed by atoms with Crippen LogP contribution in [-0.2, 0) is 10.1 Å². The monoisotopic (exact) mass is 520 g/mol. The number of benzene rings is 3. The maximum atomic E-state index is 13.4. The Bertz CT molecular complexity index is 1330. The predicted octanol–water partition coefficient (Wildman–Crippen LogP) is 8.16. The highest BCUT2D eigenvalue weighted by Gasteiger charge is 2.35. The van der Waals surface area contributed by atoms with Gasteiger partial charge in [0.2, 0.25) is 0 Å². The molecule has 0 amide bonds. The van der Waals surface area contributed by atoms with E-state index in [1.54, 1.807) is 24.3 Å². The molecule has 0 aliphatic heterocycles. The molecule has 196 valence electrons. The highest BCUT2D eigenvalue weighted by Crippen LogP contribution is 2.50. The van der Waals surface area contributed by atoms with Gasteiger partial charge in [0.25, 0.3) is 10.1 Å². The van der Waals surface area contributed by atoms with Crippen molar-refractivity contribution in [3.8, 4) is 33.8 Å². The first kappa shape index (κ1) is 25.8. The summed E-state index contributed by atoms with van der Waals surface area (Å²) in [7, 11) is -4.55. The van der Waals surface area contributed by atoms with E-state index in [1.807, 2.05) is 24.3 Å². The smallest absolute Gasteiger partial charge is 0.295 e. The molecule has 0 unspecified atom stereocenters. The topological polar surface area (TPSA) is 94.8 Å². The lowest BCUT2D eigenvalue weighted by atomic mass is 9.76. The van der Waals surface area contributed by atoms with Crippen LogP contribution >= 0.6 is 0 Å². The molecular weight excluding hydrogens is 484 g/mol. The molecular formula is C31H36O5S. The van der Waals surface area contributed by atoms with Gasteiger partial charge in [-0.3, -0.25) is 4.55 Å². The lowest BCUT2D eigenvalue weighted by molar-refractivity contribution is 0.432. The molecule has 3 aromatic rings. The first-order chi connectivity index (χ1) is 17.8. The Labute approximate surface area is 219 Å². The summed E-state index contributed by atoms with van der Waals surface area (Å²) in [6.07, 6.45) is 11.1. The molecule has 3 aromatic carbocycles. The van der Waals surface area contributed by atoms with E-state index in [2.05, 4.69) is 6.07 Å². The van der Waals surface area contributed by atoms with E-state index in [-0.39, 0.29) is 28.2 Å². The van der Waals surface area contributed by atoms with Gasteiger partial charge in [-0.25, -0.2) is 0 Å². The predicted molar refractivity (Wildman–Crippen MR) is 147 cm³/mol. The Hall–Kier alpha value is -2.83. The van der Waals surface area contributed by atoms with Crippen LogP contribution in [-0.4, -0.2) is 23.2 Å². The number of hydrogen-bond donors (Lipinski definition) is 3. The number of hydrogen-bond acceptors (Lipinski definition) is 4. The summed E-state index contributed by atoms with van der Waals surface area (Å²) in [5, 5.41) is 19.9. The van der Waals surface area contributed by atoms with Crippen molar-refractivity contribution in [2.75, 3.05) is 0 Å². The molecule has 37 heavy (non-hydrogen) atoms. The summed E-state index contributed by atoms with van der Waals surface area (Å²) in [4.78, 5) is 0.0972. The lowest BCUT2D eigenvalue weighted by Gasteiger charge is -2.31. The van der Waals surface area contributed by atoms with Crippen molar-refractivity contribution in [2.24, 2.45) is 0 Å². The lowest BCUT2D eigenvalue weighted by Crippen LogP contribution is -2.17. The maximum absolute atomic E-state index is 13.4. The quantitative estimate of drug-likeness (QED) is 0.233. The van der Waals surface area contributed by atoms with E-state index < -0.39 is 10.1 Å². The van der Waals surface area contributed by atoms with Crippen LogP contribution in [0.3, 0.4) is 0 Å². The van der Waals surface area contributed by atoms with Crippen molar-refractivity contribution in [1.82, 2.24) is 0 Å². The minimum Gasteiger partial charge on any atom is -0.508 e. The Morgan fingerprint density at radius 2 is 0.919 bits per heavy atom. The van der Waals surface area contributed by atoms with Gasteiger partial charge in [-0.1, -0.05) is 69.2 Å². The van der Waals surface area contributed by atoms with Crippen molar-refractivity contribution in [2.45, 2.75) is 87.4 Å². The Morgan fingerprint density at radius 3 is 1.27 bits per heavy atom. The molecule has 6 heteroatoms. The Kier molecular flexibility index (Phi) is 7.59. The fraction of sp³-hybridized carbons (Fsp3) is 0.419. The number of phenolic OH excluding ortho intramolecular Hbond substituents is 2. The average Bonchev–Trinajstić information content (AvgIpc) is 3.18. The van der Waals surface area contributed by atoms with E-state index in [4.69, 9.17) is 0 Å². The first-order valence-electron chi connectivity index (χ1n) is 13.6. The second-order valence-corrected chi connectivity index (χ2v) is 12.1. The standard InChI is InChI=1S/C31H36O5S/c32-25-16-12-21(13-17-25)27-20-28(22-14-18-26(33)19-15-22)30(24-10-6-3-7-11-24)31(37(34,35)36)29(27)23-8-4-1-2-5-9-23/h12-20,23-24,32-33H,1-11H2,(H,34,35,36). The van der Waals surface area contributed by atoms with Crippen LogP contribution in [0, 0.1) is 0 Å². The third kappa shape index (κ3) is 5.55. The SMILES string of the molecule is O=S(=O)(O)c1c(C2CCCCCC2)c(-c2ccc(O)cc2)cc(-c2ccc(O)cc2)c1C1CCCCC1. The van der Waals surface area contributed by atoms with Crippen molar-refractivity contribution >= 4 is 10.1 Å². The summed E-state index contributed by atoms with van der Waals surface area (Å²) in [6.45, 7) is 0. The molecule has 0 atom stereocenters. The van der Waals surface area contributed by atoms with Gasteiger partial charge in [-0.05, 0) is 101 Å². The van der Waals surface area contributed by atoms with E-state index in [0.717, 1.165) is 104 Å². The Morgan fingerprint density at radius 1 is 0.568 bits per heavy atom. The zero-order chi connectivity index (χ0) is 26.0. The number of aromatic hydroxyl groups is 2. The van der Waals surface area contributed by atoms with Crippen molar-refractivity contribution in [1.29, 1.82) is 0 Å². The number of rotatable bonds is 5. The third-order valence-electron chi connectivity index (χ3n) is 8.25. The zero-order valence-corrected chi connectivity index (χ0v) is 22.0. The normalized spacial score (nSPS) is 18.0. The second kappa shape index (κ2) is 10.9. The minimum atomic E-state index is -4.55. The van der Waals surface area contributed by atoms with Crippen LogP contribution in [0.25, 0.3) is 22.3 Å². The molecule has 2 aliphatic carbocycles. The van der Waals surface area contributed by atoms with Gasteiger partial charge in [0.15, 0.2) is 0 Å².